The summed E-state index contributed by atoms with van der Waals surface area (Å²) in [6.07, 6.45) is 4.49. The summed E-state index contributed by atoms with van der Waals surface area (Å²) in [4.78, 5) is 34.7. The van der Waals surface area contributed by atoms with Gasteiger partial charge in [-0.1, -0.05) is 12.1 Å². The first-order valence-corrected chi connectivity index (χ1v) is 10.3. The van der Waals surface area contributed by atoms with Crippen molar-refractivity contribution in [2.45, 2.75) is 24.7 Å². The summed E-state index contributed by atoms with van der Waals surface area (Å²) in [7, 11) is 0. The summed E-state index contributed by atoms with van der Waals surface area (Å²) >= 11 is 1.60. The predicted molar refractivity (Wildman–Crippen MR) is 107 cm³/mol. The minimum absolute atomic E-state index is 0.103. The van der Waals surface area contributed by atoms with Gasteiger partial charge in [0.25, 0.3) is 0 Å². The third-order valence-electron chi connectivity index (χ3n) is 4.76. The third kappa shape index (κ3) is 4.24. The Bertz CT molecular complexity index is 852. The molecule has 0 bridgehead atoms. The fraction of sp³-hybridized carbons (Fsp3) is 0.421. The van der Waals surface area contributed by atoms with Gasteiger partial charge in [-0.2, -0.15) is 0 Å². The van der Waals surface area contributed by atoms with Gasteiger partial charge in [-0.3, -0.25) is 14.9 Å². The SMILES string of the molecule is CCOC(=O)C1CCN(c2ncnc(-c3ccc(SC)cc3)c2[N+](=O)[O-])CC1. The highest BCUT2D eigenvalue weighted by molar-refractivity contribution is 7.98. The third-order valence-corrected chi connectivity index (χ3v) is 5.51. The van der Waals surface area contributed by atoms with E-state index in [0.717, 1.165) is 4.90 Å². The molecule has 0 aliphatic carbocycles. The number of piperidine rings is 1. The highest BCUT2D eigenvalue weighted by Gasteiger charge is 2.32. The number of rotatable bonds is 6. The molecule has 0 amide bonds. The number of anilines is 1. The molecule has 1 aromatic carbocycles. The number of hydrogen-bond acceptors (Lipinski definition) is 8. The van der Waals surface area contributed by atoms with E-state index in [1.165, 1.54) is 6.33 Å². The summed E-state index contributed by atoms with van der Waals surface area (Å²) in [5.74, 6) is -0.0733. The molecule has 0 unspecified atom stereocenters. The Morgan fingerprint density at radius 2 is 1.96 bits per heavy atom. The number of ether oxygens (including phenoxy) is 1. The van der Waals surface area contributed by atoms with Crippen molar-refractivity contribution in [2.75, 3.05) is 30.9 Å². The molecule has 0 spiro atoms. The highest BCUT2D eigenvalue weighted by atomic mass is 32.2. The van der Waals surface area contributed by atoms with E-state index < -0.39 is 4.92 Å². The fourth-order valence-corrected chi connectivity index (χ4v) is 3.72. The maximum Gasteiger partial charge on any atom is 0.337 e. The van der Waals surface area contributed by atoms with Gasteiger partial charge < -0.3 is 9.64 Å². The smallest absolute Gasteiger partial charge is 0.337 e. The second-order valence-corrected chi connectivity index (χ2v) is 7.27. The molecule has 2 aromatic rings. The molecule has 9 heteroatoms. The first-order valence-electron chi connectivity index (χ1n) is 9.10. The van der Waals surface area contributed by atoms with Crippen LogP contribution in [0, 0.1) is 16.0 Å². The summed E-state index contributed by atoms with van der Waals surface area (Å²) in [5.41, 5.74) is 0.874. The minimum Gasteiger partial charge on any atom is -0.466 e. The molecule has 1 saturated heterocycles. The molecule has 0 atom stereocenters. The first-order chi connectivity index (χ1) is 13.5. The number of carbonyl (C=O) groups excluding carboxylic acids is 1. The molecular weight excluding hydrogens is 380 g/mol. The molecule has 0 saturated carbocycles. The Balaban J connectivity index is 1.88. The van der Waals surface area contributed by atoms with Gasteiger partial charge in [0, 0.05) is 23.5 Å². The van der Waals surface area contributed by atoms with E-state index in [4.69, 9.17) is 4.74 Å². The number of aromatic nitrogens is 2. The summed E-state index contributed by atoms with van der Waals surface area (Å²) < 4.78 is 5.09. The highest BCUT2D eigenvalue weighted by Crippen LogP contribution is 2.37. The van der Waals surface area contributed by atoms with Crippen LogP contribution in [0.3, 0.4) is 0 Å². The number of benzene rings is 1. The van der Waals surface area contributed by atoms with Crippen molar-refractivity contribution < 1.29 is 14.5 Å². The minimum atomic E-state index is -0.426. The van der Waals surface area contributed by atoms with Crippen LogP contribution in [0.5, 0.6) is 0 Å². The van der Waals surface area contributed by atoms with Gasteiger partial charge in [-0.05, 0) is 38.2 Å². The van der Waals surface area contributed by atoms with Crippen molar-refractivity contribution in [2.24, 2.45) is 5.92 Å². The lowest BCUT2D eigenvalue weighted by molar-refractivity contribution is -0.383. The van der Waals surface area contributed by atoms with E-state index in [1.54, 1.807) is 18.7 Å². The van der Waals surface area contributed by atoms with Crippen molar-refractivity contribution in [3.63, 3.8) is 0 Å². The topological polar surface area (TPSA) is 98.5 Å². The number of thioether (sulfide) groups is 1. The van der Waals surface area contributed by atoms with Crippen molar-refractivity contribution in [3.05, 3.63) is 40.7 Å². The van der Waals surface area contributed by atoms with Gasteiger partial charge in [-0.15, -0.1) is 11.8 Å². The van der Waals surface area contributed by atoms with Crippen LogP contribution in [0.4, 0.5) is 11.5 Å². The number of esters is 1. The Morgan fingerprint density at radius 3 is 2.54 bits per heavy atom. The molecule has 1 fully saturated rings. The normalized spacial score (nSPS) is 14.7. The van der Waals surface area contributed by atoms with Gasteiger partial charge in [-0.25, -0.2) is 9.97 Å². The second-order valence-electron chi connectivity index (χ2n) is 6.39. The van der Waals surface area contributed by atoms with Crippen LogP contribution < -0.4 is 4.90 Å². The maximum atomic E-state index is 11.9. The van der Waals surface area contributed by atoms with Gasteiger partial charge in [0.1, 0.15) is 6.33 Å². The average molecular weight is 402 g/mol. The number of hydrogen-bond donors (Lipinski definition) is 0. The molecule has 2 heterocycles. The molecule has 3 rings (SSSR count). The van der Waals surface area contributed by atoms with Crippen LogP contribution in [-0.2, 0) is 9.53 Å². The maximum absolute atomic E-state index is 11.9. The van der Waals surface area contributed by atoms with Crippen molar-refractivity contribution in [3.8, 4) is 11.3 Å². The molecule has 1 aromatic heterocycles. The van der Waals surface area contributed by atoms with Crippen LogP contribution in [0.15, 0.2) is 35.5 Å². The summed E-state index contributed by atoms with van der Waals surface area (Å²) in [6, 6.07) is 7.49. The molecule has 1 aliphatic heterocycles. The summed E-state index contributed by atoms with van der Waals surface area (Å²) in [5, 5.41) is 11.9. The van der Waals surface area contributed by atoms with Gasteiger partial charge >= 0.3 is 11.7 Å². The zero-order chi connectivity index (χ0) is 20.1. The van der Waals surface area contributed by atoms with Gasteiger partial charge in [0.2, 0.25) is 5.82 Å². The van der Waals surface area contributed by atoms with Gasteiger partial charge in [0.05, 0.1) is 17.4 Å². The zero-order valence-electron chi connectivity index (χ0n) is 15.8. The standard InChI is InChI=1S/C19H22N4O4S/c1-3-27-19(24)14-8-10-22(11-9-14)18-17(23(25)26)16(20-12-21-18)13-4-6-15(28-2)7-5-13/h4-7,12,14H,3,8-11H2,1-2H3. The van der Waals surface area contributed by atoms with Crippen LogP contribution in [0.1, 0.15) is 19.8 Å². The lowest BCUT2D eigenvalue weighted by Gasteiger charge is -2.31. The Morgan fingerprint density at radius 1 is 1.29 bits per heavy atom. The van der Waals surface area contributed by atoms with Crippen molar-refractivity contribution in [1.82, 2.24) is 9.97 Å². The monoisotopic (exact) mass is 402 g/mol. The number of nitrogens with zero attached hydrogens (tertiary/aromatic N) is 4. The van der Waals surface area contributed by atoms with E-state index >= 15 is 0 Å². The lowest BCUT2D eigenvalue weighted by Crippen LogP contribution is -2.37. The number of carbonyl (C=O) groups is 1. The largest absolute Gasteiger partial charge is 0.466 e. The predicted octanol–water partition coefficient (Wildman–Crippen LogP) is 3.55. The second kappa shape index (κ2) is 9.01. The number of nitro groups is 1. The lowest BCUT2D eigenvalue weighted by atomic mass is 9.97. The first kappa shape index (κ1) is 20.1. The van der Waals surface area contributed by atoms with E-state index in [1.807, 2.05) is 35.4 Å². The van der Waals surface area contributed by atoms with E-state index in [9.17, 15) is 14.9 Å². The molecule has 0 N–H and O–H groups in total. The Kier molecular flexibility index (Phi) is 6.45. The Labute approximate surface area is 167 Å². The molecule has 148 valence electrons. The van der Waals surface area contributed by atoms with Crippen LogP contribution in [0.2, 0.25) is 0 Å². The van der Waals surface area contributed by atoms with Crippen molar-refractivity contribution >= 4 is 29.2 Å². The van der Waals surface area contributed by atoms with Crippen LogP contribution >= 0.6 is 11.8 Å². The van der Waals surface area contributed by atoms with Crippen molar-refractivity contribution in [1.29, 1.82) is 0 Å². The van der Waals surface area contributed by atoms with Crippen LogP contribution in [-0.4, -0.2) is 46.8 Å². The van der Waals surface area contributed by atoms with E-state index in [2.05, 4.69) is 9.97 Å². The van der Waals surface area contributed by atoms with E-state index in [0.29, 0.717) is 49.6 Å². The van der Waals surface area contributed by atoms with Crippen LogP contribution in [0.25, 0.3) is 11.3 Å². The zero-order valence-corrected chi connectivity index (χ0v) is 16.6. The molecule has 8 nitrogen and oxygen atoms in total. The molecule has 1 aliphatic rings. The quantitative estimate of drug-likeness (QED) is 0.313. The molecule has 28 heavy (non-hydrogen) atoms. The fourth-order valence-electron chi connectivity index (χ4n) is 3.32. The van der Waals surface area contributed by atoms with E-state index in [-0.39, 0.29) is 17.6 Å². The molecule has 0 radical (unpaired) electrons. The molecular formula is C19H22N4O4S. The van der Waals surface area contributed by atoms with Gasteiger partial charge in [0.15, 0.2) is 5.69 Å². The average Bonchev–Trinajstić information content (AvgIpc) is 2.73. The Hall–Kier alpha value is -2.68. The summed E-state index contributed by atoms with van der Waals surface area (Å²) in [6.45, 7) is 3.15.